The van der Waals surface area contributed by atoms with Crippen LogP contribution in [0.4, 0.5) is 0 Å². The van der Waals surface area contributed by atoms with E-state index in [2.05, 4.69) is 97.1 Å². The summed E-state index contributed by atoms with van der Waals surface area (Å²) in [7, 11) is 0. The Kier molecular flexibility index (Phi) is 6.43. The van der Waals surface area contributed by atoms with Gasteiger partial charge >= 0.3 is 0 Å². The summed E-state index contributed by atoms with van der Waals surface area (Å²) in [6, 6.07) is 56.2. The van der Waals surface area contributed by atoms with Crippen molar-refractivity contribution >= 4 is 32.7 Å². The van der Waals surface area contributed by atoms with E-state index < -0.39 is 0 Å². The summed E-state index contributed by atoms with van der Waals surface area (Å²) >= 11 is 0. The van der Waals surface area contributed by atoms with Gasteiger partial charge in [0.2, 0.25) is 0 Å². The lowest BCUT2D eigenvalue weighted by molar-refractivity contribution is 0.673. The molecular weight excluding hydrogens is 574 g/mol. The lowest BCUT2D eigenvalue weighted by Gasteiger charge is -2.14. The number of aromatic nitrogens is 3. The van der Waals surface area contributed by atoms with Gasteiger partial charge in [-0.1, -0.05) is 146 Å². The standard InChI is InChI=1S/C43H27N3O/c1-4-13-28(14-5-1)33-25-24-32(34-21-12-22-38-39(34)36-26-23-29-15-10-11-20-35(29)40(36)47-38)27-37(33)43-45-41(30-16-6-2-7-17-30)44-42(46-43)31-18-8-3-9-19-31/h1-27H. The van der Waals surface area contributed by atoms with E-state index in [1.807, 2.05) is 66.7 Å². The van der Waals surface area contributed by atoms with Crippen LogP contribution in [0.15, 0.2) is 168 Å². The van der Waals surface area contributed by atoms with Crippen LogP contribution >= 0.6 is 0 Å². The molecule has 0 spiro atoms. The summed E-state index contributed by atoms with van der Waals surface area (Å²) in [5.74, 6) is 1.89. The zero-order chi connectivity index (χ0) is 31.2. The largest absolute Gasteiger partial charge is 0.455 e. The van der Waals surface area contributed by atoms with Crippen LogP contribution < -0.4 is 0 Å². The first-order valence-electron chi connectivity index (χ1n) is 15.7. The molecule has 0 aliphatic rings. The number of fused-ring (bicyclic) bond motifs is 5. The maximum Gasteiger partial charge on any atom is 0.164 e. The van der Waals surface area contributed by atoms with Crippen molar-refractivity contribution in [2.75, 3.05) is 0 Å². The maximum absolute atomic E-state index is 6.53. The Morgan fingerprint density at radius 3 is 1.68 bits per heavy atom. The van der Waals surface area contributed by atoms with Crippen LogP contribution in [0.5, 0.6) is 0 Å². The average Bonchev–Trinajstić information content (AvgIpc) is 3.55. The first-order chi connectivity index (χ1) is 23.3. The average molecular weight is 602 g/mol. The van der Waals surface area contributed by atoms with Gasteiger partial charge in [0.05, 0.1) is 0 Å². The van der Waals surface area contributed by atoms with E-state index in [0.29, 0.717) is 17.5 Å². The Balaban J connectivity index is 1.31. The monoisotopic (exact) mass is 601 g/mol. The molecule has 0 aliphatic heterocycles. The molecule has 0 saturated heterocycles. The first-order valence-corrected chi connectivity index (χ1v) is 15.7. The molecule has 0 atom stereocenters. The SMILES string of the molecule is c1ccc(-c2nc(-c3ccccc3)nc(-c3cc(-c4cccc5oc6c7ccccc7ccc6c45)ccc3-c3ccccc3)n2)cc1. The second-order valence-corrected chi connectivity index (χ2v) is 11.6. The van der Waals surface area contributed by atoms with Crippen LogP contribution in [0.3, 0.4) is 0 Å². The molecule has 4 nitrogen and oxygen atoms in total. The Labute approximate surface area is 271 Å². The molecule has 2 aromatic heterocycles. The Morgan fingerprint density at radius 1 is 0.362 bits per heavy atom. The molecule has 0 N–H and O–H groups in total. The zero-order valence-electron chi connectivity index (χ0n) is 25.3. The highest BCUT2D eigenvalue weighted by atomic mass is 16.3. The van der Waals surface area contributed by atoms with E-state index in [4.69, 9.17) is 19.4 Å². The van der Waals surface area contributed by atoms with Crippen molar-refractivity contribution in [3.8, 4) is 56.4 Å². The fourth-order valence-corrected chi connectivity index (χ4v) is 6.49. The summed E-state index contributed by atoms with van der Waals surface area (Å²) in [5, 5.41) is 4.46. The maximum atomic E-state index is 6.53. The quantitative estimate of drug-likeness (QED) is 0.197. The minimum absolute atomic E-state index is 0.619. The van der Waals surface area contributed by atoms with Crippen LogP contribution in [0.25, 0.3) is 89.1 Å². The third kappa shape index (κ3) is 4.75. The highest BCUT2D eigenvalue weighted by Crippen LogP contribution is 2.42. The van der Waals surface area contributed by atoms with Gasteiger partial charge in [-0.15, -0.1) is 0 Å². The van der Waals surface area contributed by atoms with Gasteiger partial charge in [0, 0.05) is 32.8 Å². The molecular formula is C43H27N3O. The van der Waals surface area contributed by atoms with Gasteiger partial charge in [-0.25, -0.2) is 15.0 Å². The Hall–Kier alpha value is -6.39. The van der Waals surface area contributed by atoms with E-state index in [1.54, 1.807) is 0 Å². The molecule has 9 rings (SSSR count). The lowest BCUT2D eigenvalue weighted by Crippen LogP contribution is -2.01. The number of rotatable bonds is 5. The topological polar surface area (TPSA) is 51.8 Å². The fourth-order valence-electron chi connectivity index (χ4n) is 6.49. The van der Waals surface area contributed by atoms with E-state index in [0.717, 1.165) is 71.7 Å². The minimum Gasteiger partial charge on any atom is -0.455 e. The molecule has 0 unspecified atom stereocenters. The zero-order valence-corrected chi connectivity index (χ0v) is 25.3. The molecule has 9 aromatic rings. The lowest BCUT2D eigenvalue weighted by atomic mass is 9.92. The predicted octanol–water partition coefficient (Wildman–Crippen LogP) is 11.3. The molecule has 47 heavy (non-hydrogen) atoms. The third-order valence-electron chi connectivity index (χ3n) is 8.74. The van der Waals surface area contributed by atoms with Crippen LogP contribution in [0.2, 0.25) is 0 Å². The summed E-state index contributed by atoms with van der Waals surface area (Å²) in [4.78, 5) is 15.2. The molecule has 0 fully saturated rings. The summed E-state index contributed by atoms with van der Waals surface area (Å²) in [6.07, 6.45) is 0. The van der Waals surface area contributed by atoms with Crippen molar-refractivity contribution < 1.29 is 4.42 Å². The van der Waals surface area contributed by atoms with Gasteiger partial charge in [-0.2, -0.15) is 0 Å². The highest BCUT2D eigenvalue weighted by molar-refractivity contribution is 6.19. The van der Waals surface area contributed by atoms with Crippen molar-refractivity contribution in [2.24, 2.45) is 0 Å². The van der Waals surface area contributed by atoms with Crippen LogP contribution in [0.1, 0.15) is 0 Å². The first kappa shape index (κ1) is 27.0. The second-order valence-electron chi connectivity index (χ2n) is 11.6. The fraction of sp³-hybridized carbons (Fsp3) is 0. The van der Waals surface area contributed by atoms with E-state index in [-0.39, 0.29) is 0 Å². The van der Waals surface area contributed by atoms with Gasteiger partial charge in [0.15, 0.2) is 17.5 Å². The molecule has 7 aromatic carbocycles. The van der Waals surface area contributed by atoms with Crippen LogP contribution in [-0.4, -0.2) is 15.0 Å². The molecule has 4 heteroatoms. The van der Waals surface area contributed by atoms with E-state index in [9.17, 15) is 0 Å². The van der Waals surface area contributed by atoms with Crippen molar-refractivity contribution in [1.82, 2.24) is 15.0 Å². The van der Waals surface area contributed by atoms with Gasteiger partial charge < -0.3 is 4.42 Å². The smallest absolute Gasteiger partial charge is 0.164 e. The van der Waals surface area contributed by atoms with Crippen LogP contribution in [0, 0.1) is 0 Å². The second kappa shape index (κ2) is 11.2. The molecule has 0 radical (unpaired) electrons. The minimum atomic E-state index is 0.619. The molecule has 0 aliphatic carbocycles. The predicted molar refractivity (Wildman–Crippen MR) is 192 cm³/mol. The van der Waals surface area contributed by atoms with E-state index >= 15 is 0 Å². The van der Waals surface area contributed by atoms with Crippen molar-refractivity contribution in [3.05, 3.63) is 164 Å². The molecule has 220 valence electrons. The summed E-state index contributed by atoms with van der Waals surface area (Å²) < 4.78 is 6.53. The van der Waals surface area contributed by atoms with Crippen LogP contribution in [-0.2, 0) is 0 Å². The number of nitrogens with zero attached hydrogens (tertiary/aromatic N) is 3. The van der Waals surface area contributed by atoms with Gasteiger partial charge in [0.25, 0.3) is 0 Å². The summed E-state index contributed by atoms with van der Waals surface area (Å²) in [6.45, 7) is 0. The van der Waals surface area contributed by atoms with Crippen molar-refractivity contribution in [1.29, 1.82) is 0 Å². The van der Waals surface area contributed by atoms with Crippen molar-refractivity contribution in [2.45, 2.75) is 0 Å². The Bertz CT molecular complexity index is 2500. The van der Waals surface area contributed by atoms with Gasteiger partial charge in [-0.3, -0.25) is 0 Å². The third-order valence-corrected chi connectivity index (χ3v) is 8.74. The number of hydrogen-bond donors (Lipinski definition) is 0. The number of hydrogen-bond acceptors (Lipinski definition) is 4. The molecule has 2 heterocycles. The Morgan fingerprint density at radius 2 is 0.979 bits per heavy atom. The molecule has 0 saturated carbocycles. The highest BCUT2D eigenvalue weighted by Gasteiger charge is 2.19. The van der Waals surface area contributed by atoms with Crippen molar-refractivity contribution in [3.63, 3.8) is 0 Å². The molecule has 0 bridgehead atoms. The van der Waals surface area contributed by atoms with E-state index in [1.165, 1.54) is 0 Å². The van der Waals surface area contributed by atoms with Gasteiger partial charge in [0.1, 0.15) is 11.2 Å². The molecule has 0 amide bonds. The normalized spacial score (nSPS) is 11.4. The van der Waals surface area contributed by atoms with Gasteiger partial charge in [-0.05, 0) is 45.8 Å². The number of benzene rings is 7. The number of furan rings is 1. The summed E-state index contributed by atoms with van der Waals surface area (Å²) in [5.41, 5.74) is 8.87.